The summed E-state index contributed by atoms with van der Waals surface area (Å²) in [6, 6.07) is 4.59. The first-order chi connectivity index (χ1) is 12.3. The molecule has 0 bridgehead atoms. The Labute approximate surface area is 153 Å². The zero-order valence-corrected chi connectivity index (χ0v) is 15.9. The molecule has 1 aliphatic rings. The lowest BCUT2D eigenvalue weighted by Gasteiger charge is -2.38. The lowest BCUT2D eigenvalue weighted by Crippen LogP contribution is -2.41. The molecule has 2 heterocycles. The molecule has 2 aromatic rings. The van der Waals surface area contributed by atoms with Gasteiger partial charge in [-0.15, -0.1) is 0 Å². The Hall–Kier alpha value is -1.97. The highest BCUT2D eigenvalue weighted by Crippen LogP contribution is 2.39. The Morgan fingerprint density at radius 1 is 1.42 bits per heavy atom. The van der Waals surface area contributed by atoms with Crippen molar-refractivity contribution in [1.29, 1.82) is 0 Å². The molecule has 0 radical (unpaired) electrons. The summed E-state index contributed by atoms with van der Waals surface area (Å²) in [6.07, 6.45) is 2.32. The van der Waals surface area contributed by atoms with Gasteiger partial charge in [0, 0.05) is 18.8 Å². The summed E-state index contributed by atoms with van der Waals surface area (Å²) < 4.78 is 35.3. The van der Waals surface area contributed by atoms with E-state index in [9.17, 15) is 13.5 Å². The molecule has 0 aliphatic heterocycles. The lowest BCUT2D eigenvalue weighted by molar-refractivity contribution is 0.0279. The number of nitrogens with zero attached hydrogens (tertiary/aromatic N) is 3. The fourth-order valence-corrected chi connectivity index (χ4v) is 4.78. The summed E-state index contributed by atoms with van der Waals surface area (Å²) in [5.41, 5.74) is 1.39. The molecule has 8 nitrogen and oxygen atoms in total. The number of nitrogens with one attached hydrogen (secondary N) is 1. The van der Waals surface area contributed by atoms with Crippen LogP contribution in [0, 0.1) is 12.8 Å². The van der Waals surface area contributed by atoms with Gasteiger partial charge in [-0.25, -0.2) is 18.1 Å². The number of ether oxygens (including phenoxy) is 1. The predicted octanol–water partition coefficient (Wildman–Crippen LogP) is 1.41. The number of pyridine rings is 1. The van der Waals surface area contributed by atoms with E-state index in [1.54, 1.807) is 31.3 Å². The third-order valence-electron chi connectivity index (χ3n) is 4.67. The second-order valence-corrected chi connectivity index (χ2v) is 8.22. The van der Waals surface area contributed by atoms with Crippen LogP contribution in [0.5, 0.6) is 5.88 Å². The maximum atomic E-state index is 13.0. The molecule has 26 heavy (non-hydrogen) atoms. The number of aliphatic hydroxyl groups is 1. The van der Waals surface area contributed by atoms with E-state index < -0.39 is 16.1 Å². The lowest BCUT2D eigenvalue weighted by atomic mass is 9.76. The van der Waals surface area contributed by atoms with Gasteiger partial charge in [0.05, 0.1) is 24.9 Å². The predicted molar refractivity (Wildman–Crippen MR) is 95.2 cm³/mol. The van der Waals surface area contributed by atoms with Gasteiger partial charge in [0.25, 0.3) is 10.0 Å². The minimum absolute atomic E-state index is 0.00839. The van der Waals surface area contributed by atoms with Crippen molar-refractivity contribution in [2.24, 2.45) is 5.92 Å². The van der Waals surface area contributed by atoms with Gasteiger partial charge in [-0.1, -0.05) is 6.07 Å². The van der Waals surface area contributed by atoms with Crippen molar-refractivity contribution in [2.45, 2.75) is 50.4 Å². The molecule has 1 saturated carbocycles. The van der Waals surface area contributed by atoms with E-state index in [-0.39, 0.29) is 17.0 Å². The average Bonchev–Trinajstić information content (AvgIpc) is 2.99. The van der Waals surface area contributed by atoms with Gasteiger partial charge < -0.3 is 9.84 Å². The number of hydrogen-bond acceptors (Lipinski definition) is 6. The molecule has 0 aromatic carbocycles. The third-order valence-corrected chi connectivity index (χ3v) is 6.11. The fourth-order valence-electron chi connectivity index (χ4n) is 3.23. The van der Waals surface area contributed by atoms with Gasteiger partial charge in [0.1, 0.15) is 0 Å². The summed E-state index contributed by atoms with van der Waals surface area (Å²) in [5, 5.41) is 14.0. The molecule has 2 aromatic heterocycles. The molecule has 0 spiro atoms. The minimum Gasteiger partial charge on any atom is -0.481 e. The number of sulfonamides is 1. The molecule has 9 heteroatoms. The Balaban J connectivity index is 1.91. The van der Waals surface area contributed by atoms with Crippen molar-refractivity contribution in [3.63, 3.8) is 0 Å². The van der Waals surface area contributed by atoms with E-state index in [1.165, 1.54) is 11.8 Å². The standard InChI is InChI=1S/C17H24N4O4S/c1-4-21-16(7-11(2)19-21)26(23,24)20-17(13-8-14(22)9-13)12-5-6-15(25-3)18-10-12/h5-7,10,13-14,17,20,22H,4,8-9H2,1-3H3/t13?,14?,17-/m1/s1. The molecule has 0 saturated heterocycles. The van der Waals surface area contributed by atoms with Crippen LogP contribution in [0.25, 0.3) is 0 Å². The van der Waals surface area contributed by atoms with Crippen LogP contribution in [0.1, 0.15) is 37.1 Å². The topological polar surface area (TPSA) is 106 Å². The molecular formula is C17H24N4O4S. The Bertz CT molecular complexity index is 857. The summed E-state index contributed by atoms with van der Waals surface area (Å²) in [5.74, 6) is 0.470. The number of methoxy groups -OCH3 is 1. The van der Waals surface area contributed by atoms with Gasteiger partial charge >= 0.3 is 0 Å². The van der Waals surface area contributed by atoms with Crippen LogP contribution in [-0.4, -0.2) is 41.5 Å². The van der Waals surface area contributed by atoms with Gasteiger partial charge in [0.15, 0.2) is 5.03 Å². The molecule has 1 fully saturated rings. The largest absolute Gasteiger partial charge is 0.481 e. The zero-order valence-electron chi connectivity index (χ0n) is 15.1. The molecule has 142 valence electrons. The van der Waals surface area contributed by atoms with Crippen LogP contribution in [0.4, 0.5) is 0 Å². The maximum Gasteiger partial charge on any atom is 0.258 e. The molecule has 0 amide bonds. The van der Waals surface area contributed by atoms with Crippen molar-refractivity contribution < 1.29 is 18.3 Å². The molecule has 1 atom stereocenters. The zero-order chi connectivity index (χ0) is 18.9. The van der Waals surface area contributed by atoms with E-state index in [0.717, 1.165) is 5.56 Å². The van der Waals surface area contributed by atoms with Crippen LogP contribution >= 0.6 is 0 Å². The van der Waals surface area contributed by atoms with Crippen molar-refractivity contribution in [2.75, 3.05) is 7.11 Å². The summed E-state index contributed by atoms with van der Waals surface area (Å²) >= 11 is 0. The minimum atomic E-state index is -3.77. The van der Waals surface area contributed by atoms with Crippen LogP contribution in [-0.2, 0) is 16.6 Å². The van der Waals surface area contributed by atoms with Gasteiger partial charge in [-0.3, -0.25) is 4.68 Å². The highest BCUT2D eigenvalue weighted by atomic mass is 32.2. The molecule has 3 rings (SSSR count). The first kappa shape index (κ1) is 18.8. The number of aryl methyl sites for hydroxylation is 2. The second-order valence-electron chi connectivity index (χ2n) is 6.56. The third kappa shape index (κ3) is 3.74. The Morgan fingerprint density at radius 3 is 2.69 bits per heavy atom. The highest BCUT2D eigenvalue weighted by Gasteiger charge is 2.38. The van der Waals surface area contributed by atoms with E-state index in [1.807, 2.05) is 6.92 Å². The summed E-state index contributed by atoms with van der Waals surface area (Å²) in [7, 11) is -2.25. The summed E-state index contributed by atoms with van der Waals surface area (Å²) in [6.45, 7) is 4.07. The van der Waals surface area contributed by atoms with E-state index in [4.69, 9.17) is 4.74 Å². The van der Waals surface area contributed by atoms with Gasteiger partial charge in [0.2, 0.25) is 5.88 Å². The van der Waals surface area contributed by atoms with E-state index >= 15 is 0 Å². The second kappa shape index (κ2) is 7.34. The number of hydrogen-bond donors (Lipinski definition) is 2. The molecule has 2 N–H and O–H groups in total. The van der Waals surface area contributed by atoms with E-state index in [0.29, 0.717) is 31.0 Å². The van der Waals surface area contributed by atoms with Crippen LogP contribution in [0.15, 0.2) is 29.4 Å². The molecular weight excluding hydrogens is 356 g/mol. The maximum absolute atomic E-state index is 13.0. The monoisotopic (exact) mass is 380 g/mol. The number of aromatic nitrogens is 3. The SMILES string of the molecule is CCn1nc(C)cc1S(=O)(=O)N[C@H](c1ccc(OC)nc1)C1CC(O)C1. The Kier molecular flexibility index (Phi) is 5.31. The van der Waals surface area contributed by atoms with Crippen LogP contribution < -0.4 is 9.46 Å². The molecule has 1 aliphatic carbocycles. The average molecular weight is 380 g/mol. The summed E-state index contributed by atoms with van der Waals surface area (Å²) in [4.78, 5) is 4.18. The smallest absolute Gasteiger partial charge is 0.258 e. The van der Waals surface area contributed by atoms with Crippen molar-refractivity contribution in [3.8, 4) is 5.88 Å². The van der Waals surface area contributed by atoms with Crippen LogP contribution in [0.3, 0.4) is 0 Å². The van der Waals surface area contributed by atoms with Crippen molar-refractivity contribution in [3.05, 3.63) is 35.7 Å². The first-order valence-corrected chi connectivity index (χ1v) is 10.1. The normalized spacial score (nSPS) is 21.2. The van der Waals surface area contributed by atoms with E-state index in [2.05, 4.69) is 14.8 Å². The first-order valence-electron chi connectivity index (χ1n) is 8.58. The highest BCUT2D eigenvalue weighted by molar-refractivity contribution is 7.89. The quantitative estimate of drug-likeness (QED) is 0.752. The number of rotatable bonds is 7. The van der Waals surface area contributed by atoms with Crippen molar-refractivity contribution >= 4 is 10.0 Å². The molecule has 0 unspecified atom stereocenters. The van der Waals surface area contributed by atoms with Crippen molar-refractivity contribution in [1.82, 2.24) is 19.5 Å². The Morgan fingerprint density at radius 2 is 2.15 bits per heavy atom. The van der Waals surface area contributed by atoms with Gasteiger partial charge in [-0.05, 0) is 44.2 Å². The number of aliphatic hydroxyl groups excluding tert-OH is 1. The fraction of sp³-hybridized carbons (Fsp3) is 0.529. The van der Waals surface area contributed by atoms with Gasteiger partial charge in [-0.2, -0.15) is 5.10 Å². The van der Waals surface area contributed by atoms with Crippen LogP contribution in [0.2, 0.25) is 0 Å².